The summed E-state index contributed by atoms with van der Waals surface area (Å²) < 4.78 is 74.2. The molecule has 3 aromatic carbocycles. The Labute approximate surface area is 244 Å². The Hall–Kier alpha value is -4.06. The molecule has 0 aliphatic heterocycles. The Balaban J connectivity index is 2.10. The minimum absolute atomic E-state index is 0.0608. The molecule has 0 heterocycles. The molecule has 226 valence electrons. The second-order valence-electron chi connectivity index (χ2n) is 9.83. The lowest BCUT2D eigenvalue weighted by Crippen LogP contribution is -2.53. The van der Waals surface area contributed by atoms with Gasteiger partial charge in [0, 0.05) is 12.6 Å². The van der Waals surface area contributed by atoms with Crippen molar-refractivity contribution in [3.05, 3.63) is 90.0 Å². The van der Waals surface area contributed by atoms with Crippen molar-refractivity contribution in [2.45, 2.75) is 56.9 Å². The number of hydrogen-bond donors (Lipinski definition) is 1. The molecule has 0 aliphatic rings. The van der Waals surface area contributed by atoms with Gasteiger partial charge in [0.2, 0.25) is 11.8 Å². The van der Waals surface area contributed by atoms with E-state index in [0.717, 1.165) is 12.1 Å². The van der Waals surface area contributed by atoms with Crippen molar-refractivity contribution in [3.63, 3.8) is 0 Å². The van der Waals surface area contributed by atoms with E-state index < -0.39 is 46.2 Å². The van der Waals surface area contributed by atoms with E-state index in [1.807, 2.05) is 0 Å². The van der Waals surface area contributed by atoms with Gasteiger partial charge in [0.15, 0.2) is 0 Å². The molecule has 0 saturated carbocycles. The molecule has 0 radical (unpaired) electrons. The number of methoxy groups -OCH3 is 1. The van der Waals surface area contributed by atoms with Crippen LogP contribution in [0.4, 0.5) is 18.9 Å². The van der Waals surface area contributed by atoms with Crippen molar-refractivity contribution in [1.29, 1.82) is 0 Å². The van der Waals surface area contributed by atoms with Crippen LogP contribution in [-0.4, -0.2) is 50.9 Å². The van der Waals surface area contributed by atoms with E-state index in [1.54, 1.807) is 51.1 Å². The predicted octanol–water partition coefficient (Wildman–Crippen LogP) is 5.24. The average Bonchev–Trinajstić information content (AvgIpc) is 2.95. The average molecular weight is 606 g/mol. The summed E-state index contributed by atoms with van der Waals surface area (Å²) in [4.78, 5) is 28.2. The zero-order chi connectivity index (χ0) is 31.1. The van der Waals surface area contributed by atoms with E-state index in [2.05, 4.69) is 5.32 Å². The normalized spacial score (nSPS) is 12.5. The number of benzene rings is 3. The van der Waals surface area contributed by atoms with Crippen molar-refractivity contribution in [2.75, 3.05) is 18.0 Å². The highest BCUT2D eigenvalue weighted by molar-refractivity contribution is 7.92. The van der Waals surface area contributed by atoms with Gasteiger partial charge in [0.1, 0.15) is 18.3 Å². The van der Waals surface area contributed by atoms with Crippen molar-refractivity contribution >= 4 is 27.5 Å². The van der Waals surface area contributed by atoms with Crippen LogP contribution in [0.3, 0.4) is 0 Å². The summed E-state index contributed by atoms with van der Waals surface area (Å²) in [7, 11) is -2.99. The van der Waals surface area contributed by atoms with Crippen LogP contribution in [0.15, 0.2) is 83.8 Å². The number of nitrogens with zero attached hydrogens (tertiary/aromatic N) is 2. The van der Waals surface area contributed by atoms with E-state index >= 15 is 0 Å². The molecule has 12 heteroatoms. The van der Waals surface area contributed by atoms with Crippen LogP contribution in [0.5, 0.6) is 5.75 Å². The summed E-state index contributed by atoms with van der Waals surface area (Å²) in [5.74, 6) is -0.634. The molecule has 0 saturated heterocycles. The first kappa shape index (κ1) is 32.5. The second kappa shape index (κ2) is 13.7. The maximum atomic E-state index is 14.0. The lowest BCUT2D eigenvalue weighted by molar-refractivity contribution is -0.140. The van der Waals surface area contributed by atoms with Crippen molar-refractivity contribution < 1.29 is 35.9 Å². The number of anilines is 1. The fourth-order valence-electron chi connectivity index (χ4n) is 4.31. The van der Waals surface area contributed by atoms with Gasteiger partial charge in [-0.1, -0.05) is 43.3 Å². The van der Waals surface area contributed by atoms with Crippen molar-refractivity contribution in [2.24, 2.45) is 0 Å². The van der Waals surface area contributed by atoms with Crippen LogP contribution in [0.25, 0.3) is 0 Å². The number of sulfonamides is 1. The largest absolute Gasteiger partial charge is 0.497 e. The molecule has 1 N–H and O–H groups in total. The van der Waals surface area contributed by atoms with Crippen LogP contribution >= 0.6 is 0 Å². The van der Waals surface area contributed by atoms with Gasteiger partial charge >= 0.3 is 6.18 Å². The van der Waals surface area contributed by atoms with Crippen LogP contribution in [0.2, 0.25) is 0 Å². The first-order chi connectivity index (χ1) is 19.8. The Bertz CT molecular complexity index is 1460. The van der Waals surface area contributed by atoms with E-state index in [0.29, 0.717) is 21.7 Å². The van der Waals surface area contributed by atoms with E-state index in [9.17, 15) is 31.2 Å². The van der Waals surface area contributed by atoms with Gasteiger partial charge in [-0.05, 0) is 68.3 Å². The Kier molecular flexibility index (Phi) is 10.6. The molecule has 0 spiro atoms. The summed E-state index contributed by atoms with van der Waals surface area (Å²) in [6, 6.07) is 16.5. The number of alkyl halides is 3. The zero-order valence-electron chi connectivity index (χ0n) is 23.8. The SMILES string of the molecule is CC[C@H](C(=O)NC(C)C)N(Cc1ccc(OC)cc1)C(=O)CN(c1cccc(C(F)(F)F)c1)S(=O)(=O)c1ccccc1. The molecular weight excluding hydrogens is 571 g/mol. The maximum absolute atomic E-state index is 14.0. The molecule has 0 unspecified atom stereocenters. The number of nitrogens with one attached hydrogen (secondary N) is 1. The predicted molar refractivity (Wildman–Crippen MR) is 153 cm³/mol. The monoisotopic (exact) mass is 605 g/mol. The molecule has 0 aromatic heterocycles. The van der Waals surface area contributed by atoms with Gasteiger partial charge in [0.05, 0.1) is 23.3 Å². The third-order valence-electron chi connectivity index (χ3n) is 6.40. The number of hydrogen-bond acceptors (Lipinski definition) is 5. The van der Waals surface area contributed by atoms with E-state index in [-0.39, 0.29) is 29.6 Å². The number of carbonyl (C=O) groups is 2. The highest BCUT2D eigenvalue weighted by atomic mass is 32.2. The molecule has 42 heavy (non-hydrogen) atoms. The molecular formula is C30H34F3N3O5S. The second-order valence-corrected chi connectivity index (χ2v) is 11.7. The molecule has 1 atom stereocenters. The van der Waals surface area contributed by atoms with E-state index in [4.69, 9.17) is 4.74 Å². The third kappa shape index (κ3) is 8.03. The molecule has 3 rings (SSSR count). The summed E-state index contributed by atoms with van der Waals surface area (Å²) in [5, 5.41) is 2.79. The molecule has 8 nitrogen and oxygen atoms in total. The highest BCUT2D eigenvalue weighted by Crippen LogP contribution is 2.33. The quantitative estimate of drug-likeness (QED) is 0.305. The minimum atomic E-state index is -4.75. The lowest BCUT2D eigenvalue weighted by atomic mass is 10.1. The highest BCUT2D eigenvalue weighted by Gasteiger charge is 2.36. The summed E-state index contributed by atoms with van der Waals surface area (Å²) in [6.07, 6.45) is -4.54. The Morgan fingerprint density at radius 3 is 2.14 bits per heavy atom. The standard InChI is InChI=1S/C30H34F3N3O5S/c1-5-27(29(38)34-21(2)3)35(19-22-14-16-25(41-4)17-15-22)28(37)20-36(42(39,40)26-12-7-6-8-13-26)24-11-9-10-23(18-24)30(31,32)33/h6-18,21,27H,5,19-20H2,1-4H3,(H,34,38)/t27-/m1/s1. The topological polar surface area (TPSA) is 96.0 Å². The van der Waals surface area contributed by atoms with Gasteiger partial charge in [-0.15, -0.1) is 0 Å². The first-order valence-electron chi connectivity index (χ1n) is 13.3. The first-order valence-corrected chi connectivity index (χ1v) is 14.7. The van der Waals surface area contributed by atoms with Crippen LogP contribution in [-0.2, 0) is 32.3 Å². The number of halogens is 3. The van der Waals surface area contributed by atoms with Gasteiger partial charge in [-0.2, -0.15) is 13.2 Å². The molecule has 0 aliphatic carbocycles. The molecule has 3 aromatic rings. The Morgan fingerprint density at radius 1 is 0.952 bits per heavy atom. The fourth-order valence-corrected chi connectivity index (χ4v) is 5.74. The Morgan fingerprint density at radius 2 is 1.60 bits per heavy atom. The van der Waals surface area contributed by atoms with Crippen LogP contribution < -0.4 is 14.4 Å². The van der Waals surface area contributed by atoms with Gasteiger partial charge < -0.3 is 15.0 Å². The smallest absolute Gasteiger partial charge is 0.416 e. The lowest BCUT2D eigenvalue weighted by Gasteiger charge is -2.33. The van der Waals surface area contributed by atoms with Crippen molar-refractivity contribution in [1.82, 2.24) is 10.2 Å². The summed E-state index contributed by atoms with van der Waals surface area (Å²) in [6.45, 7) is 4.34. The summed E-state index contributed by atoms with van der Waals surface area (Å²) in [5.41, 5.74) is -0.777. The van der Waals surface area contributed by atoms with Gasteiger partial charge in [-0.25, -0.2) is 8.42 Å². The molecule has 0 fully saturated rings. The minimum Gasteiger partial charge on any atom is -0.497 e. The van der Waals surface area contributed by atoms with Crippen molar-refractivity contribution in [3.8, 4) is 5.75 Å². The van der Waals surface area contributed by atoms with Gasteiger partial charge in [0.25, 0.3) is 10.0 Å². The van der Waals surface area contributed by atoms with Crippen LogP contribution in [0.1, 0.15) is 38.3 Å². The van der Waals surface area contributed by atoms with Crippen LogP contribution in [0, 0.1) is 0 Å². The number of ether oxygens (including phenoxy) is 1. The van der Waals surface area contributed by atoms with E-state index in [1.165, 1.54) is 42.3 Å². The third-order valence-corrected chi connectivity index (χ3v) is 8.19. The van der Waals surface area contributed by atoms with Gasteiger partial charge in [-0.3, -0.25) is 13.9 Å². The fraction of sp³-hybridized carbons (Fsp3) is 0.333. The molecule has 0 bridgehead atoms. The number of amides is 2. The summed E-state index contributed by atoms with van der Waals surface area (Å²) >= 11 is 0. The number of rotatable bonds is 12. The molecule has 2 amide bonds. The zero-order valence-corrected chi connectivity index (χ0v) is 24.6. The maximum Gasteiger partial charge on any atom is 0.416 e. The number of carbonyl (C=O) groups excluding carboxylic acids is 2.